The van der Waals surface area contributed by atoms with Crippen molar-refractivity contribution in [1.29, 1.82) is 5.53 Å². The number of nitrogens with one attached hydrogen (secondary N) is 1. The van der Waals surface area contributed by atoms with Gasteiger partial charge in [-0.3, -0.25) is 4.79 Å². The molecule has 1 saturated heterocycles. The molecule has 0 atom stereocenters. The summed E-state index contributed by atoms with van der Waals surface area (Å²) in [7, 11) is 0. The lowest BCUT2D eigenvalue weighted by Crippen LogP contribution is -2.49. The monoisotopic (exact) mass is 456 g/mol. The number of aromatic nitrogens is 2. The average molecular weight is 457 g/mol. The van der Waals surface area contributed by atoms with E-state index in [0.717, 1.165) is 33.6 Å². The van der Waals surface area contributed by atoms with Crippen molar-refractivity contribution in [2.45, 2.75) is 13.3 Å². The van der Waals surface area contributed by atoms with Gasteiger partial charge in [0.25, 0.3) is 11.9 Å². The number of benzene rings is 2. The molecular formula is C25H24N6OS. The van der Waals surface area contributed by atoms with Gasteiger partial charge in [-0.1, -0.05) is 49.4 Å². The molecule has 0 aliphatic carbocycles. The molecule has 5 rings (SSSR count). The highest BCUT2D eigenvalue weighted by Crippen LogP contribution is 2.33. The molecule has 4 aromatic rings. The highest BCUT2D eigenvalue weighted by Gasteiger charge is 2.25. The van der Waals surface area contributed by atoms with Gasteiger partial charge < -0.3 is 9.80 Å². The van der Waals surface area contributed by atoms with E-state index in [0.29, 0.717) is 31.7 Å². The second kappa shape index (κ2) is 9.07. The third-order valence-electron chi connectivity index (χ3n) is 5.97. The molecule has 1 fully saturated rings. The zero-order valence-corrected chi connectivity index (χ0v) is 19.2. The molecule has 0 saturated carbocycles. The van der Waals surface area contributed by atoms with Gasteiger partial charge in [-0.2, -0.15) is 9.97 Å². The first-order valence-electron chi connectivity index (χ1n) is 11.0. The molecule has 33 heavy (non-hydrogen) atoms. The molecule has 0 bridgehead atoms. The minimum Gasteiger partial charge on any atom is -0.352 e. The van der Waals surface area contributed by atoms with Crippen molar-refractivity contribution in [2.24, 2.45) is 5.11 Å². The summed E-state index contributed by atoms with van der Waals surface area (Å²) in [6, 6.07) is 20.1. The van der Waals surface area contributed by atoms with Gasteiger partial charge in [0.2, 0.25) is 0 Å². The lowest BCUT2D eigenvalue weighted by Gasteiger charge is -2.35. The first-order valence-corrected chi connectivity index (χ1v) is 11.9. The fourth-order valence-corrected chi connectivity index (χ4v) is 5.11. The Morgan fingerprint density at radius 1 is 1.00 bits per heavy atom. The van der Waals surface area contributed by atoms with E-state index >= 15 is 0 Å². The number of rotatable bonds is 5. The molecule has 0 radical (unpaired) electrons. The van der Waals surface area contributed by atoms with Gasteiger partial charge >= 0.3 is 0 Å². The summed E-state index contributed by atoms with van der Waals surface area (Å²) in [5.41, 5.74) is 10.3. The predicted octanol–water partition coefficient (Wildman–Crippen LogP) is 5.55. The molecule has 3 heterocycles. The third kappa shape index (κ3) is 4.21. The van der Waals surface area contributed by atoms with Gasteiger partial charge in [-0.25, -0.2) is 5.53 Å². The van der Waals surface area contributed by atoms with Crippen LogP contribution in [0, 0.1) is 5.53 Å². The number of carbonyl (C=O) groups is 1. The molecule has 0 spiro atoms. The minimum absolute atomic E-state index is 0.0488. The van der Waals surface area contributed by atoms with E-state index in [1.54, 1.807) is 11.3 Å². The topological polar surface area (TPSA) is 85.5 Å². The number of anilines is 1. The van der Waals surface area contributed by atoms with Crippen molar-refractivity contribution in [3.05, 3.63) is 71.1 Å². The van der Waals surface area contributed by atoms with E-state index in [-0.39, 0.29) is 11.9 Å². The molecule has 2 aromatic carbocycles. The van der Waals surface area contributed by atoms with E-state index in [1.165, 1.54) is 4.88 Å². The van der Waals surface area contributed by atoms with Gasteiger partial charge in [0.1, 0.15) is 10.6 Å². The first-order chi connectivity index (χ1) is 16.2. The molecule has 166 valence electrons. The number of thiophene rings is 1. The van der Waals surface area contributed by atoms with E-state index < -0.39 is 0 Å². The second-order valence-electron chi connectivity index (χ2n) is 7.97. The van der Waals surface area contributed by atoms with E-state index in [2.05, 4.69) is 45.1 Å². The average Bonchev–Trinajstić information content (AvgIpc) is 3.32. The number of nitrogens with zero attached hydrogens (tertiary/aromatic N) is 5. The zero-order valence-electron chi connectivity index (χ0n) is 18.4. The van der Waals surface area contributed by atoms with Crippen LogP contribution < -0.4 is 4.90 Å². The van der Waals surface area contributed by atoms with Crippen molar-refractivity contribution in [3.8, 4) is 11.1 Å². The summed E-state index contributed by atoms with van der Waals surface area (Å²) in [5, 5.41) is 4.47. The number of hydrogen-bond donors (Lipinski definition) is 1. The molecule has 8 heteroatoms. The van der Waals surface area contributed by atoms with Gasteiger partial charge in [0.05, 0.1) is 5.39 Å². The van der Waals surface area contributed by atoms with Crippen LogP contribution in [0.25, 0.3) is 21.3 Å². The van der Waals surface area contributed by atoms with E-state index in [1.807, 2.05) is 47.4 Å². The lowest BCUT2D eigenvalue weighted by molar-refractivity contribution is 0.0746. The van der Waals surface area contributed by atoms with Crippen molar-refractivity contribution in [3.63, 3.8) is 0 Å². The Bertz CT molecular complexity index is 1290. The standard InChI is InChI=1S/C25H24N6OS/c1-2-20-16-21-22(27-25(29-26)28-23(21)33-20)30-12-14-31(15-13-30)24(32)19-10-8-18(9-11-19)17-6-4-3-5-7-17/h3-11,16,26H,2,12-15H2,1H3. The number of amides is 1. The predicted molar refractivity (Wildman–Crippen MR) is 132 cm³/mol. The summed E-state index contributed by atoms with van der Waals surface area (Å²) >= 11 is 1.62. The summed E-state index contributed by atoms with van der Waals surface area (Å²) in [6.07, 6.45) is 0.930. The maximum absolute atomic E-state index is 13.1. The Morgan fingerprint density at radius 3 is 2.36 bits per heavy atom. The molecule has 1 aliphatic heterocycles. The normalized spacial score (nSPS) is 14.0. The van der Waals surface area contributed by atoms with Crippen LogP contribution in [0.2, 0.25) is 0 Å². The summed E-state index contributed by atoms with van der Waals surface area (Å²) < 4.78 is 0. The zero-order chi connectivity index (χ0) is 22.8. The second-order valence-corrected chi connectivity index (χ2v) is 9.08. The van der Waals surface area contributed by atoms with Crippen LogP contribution in [0.1, 0.15) is 22.2 Å². The van der Waals surface area contributed by atoms with Gasteiger partial charge in [-0.05, 0) is 35.7 Å². The minimum atomic E-state index is 0.0488. The molecule has 1 aliphatic rings. The van der Waals surface area contributed by atoms with Gasteiger partial charge in [0.15, 0.2) is 0 Å². The molecular weight excluding hydrogens is 432 g/mol. The fraction of sp³-hybridized carbons (Fsp3) is 0.240. The first kappa shape index (κ1) is 21.2. The largest absolute Gasteiger partial charge is 0.352 e. The van der Waals surface area contributed by atoms with Crippen molar-refractivity contribution < 1.29 is 4.79 Å². The number of hydrogen-bond acceptors (Lipinski definition) is 7. The molecule has 1 amide bonds. The maximum Gasteiger partial charge on any atom is 0.271 e. The van der Waals surface area contributed by atoms with Crippen molar-refractivity contribution in [1.82, 2.24) is 14.9 Å². The van der Waals surface area contributed by atoms with Gasteiger partial charge in [0, 0.05) is 36.6 Å². The van der Waals surface area contributed by atoms with E-state index in [4.69, 9.17) is 5.53 Å². The summed E-state index contributed by atoms with van der Waals surface area (Å²) in [6.45, 7) is 4.69. The summed E-state index contributed by atoms with van der Waals surface area (Å²) in [4.78, 5) is 28.2. The Hall–Kier alpha value is -3.65. The number of fused-ring (bicyclic) bond motifs is 1. The molecule has 1 N–H and O–H groups in total. The fourth-order valence-electron chi connectivity index (χ4n) is 4.15. The Balaban J connectivity index is 1.31. The Labute approximate surface area is 196 Å². The smallest absolute Gasteiger partial charge is 0.271 e. The number of piperazine rings is 1. The van der Waals surface area contributed by atoms with Crippen molar-refractivity contribution in [2.75, 3.05) is 31.1 Å². The van der Waals surface area contributed by atoms with Crippen molar-refractivity contribution >= 4 is 39.2 Å². The lowest BCUT2D eigenvalue weighted by atomic mass is 10.0. The molecule has 2 aromatic heterocycles. The van der Waals surface area contributed by atoms with Crippen LogP contribution in [-0.2, 0) is 6.42 Å². The molecule has 7 nitrogen and oxygen atoms in total. The highest BCUT2D eigenvalue weighted by atomic mass is 32.1. The van der Waals surface area contributed by atoms with Gasteiger partial charge in [-0.15, -0.1) is 16.5 Å². The summed E-state index contributed by atoms with van der Waals surface area (Å²) in [5.74, 6) is 1.04. The van der Waals surface area contributed by atoms with Crippen LogP contribution in [0.3, 0.4) is 0 Å². The number of carbonyl (C=O) groups excluding carboxylic acids is 1. The quantitative estimate of drug-likeness (QED) is 0.399. The SMILES string of the molecule is CCc1cc2c(N3CCN(C(=O)c4ccc(-c5ccccc5)cc4)CC3)nc(N=N)nc2s1. The van der Waals surface area contributed by atoms with Crippen LogP contribution in [0.5, 0.6) is 0 Å². The van der Waals surface area contributed by atoms with E-state index in [9.17, 15) is 4.79 Å². The van der Waals surface area contributed by atoms with Crippen LogP contribution >= 0.6 is 11.3 Å². The number of aryl methyl sites for hydroxylation is 1. The Morgan fingerprint density at radius 2 is 1.70 bits per heavy atom. The van der Waals surface area contributed by atoms with Crippen LogP contribution in [-0.4, -0.2) is 47.0 Å². The third-order valence-corrected chi connectivity index (χ3v) is 7.14. The van der Waals surface area contributed by atoms with Crippen LogP contribution in [0.4, 0.5) is 11.8 Å². The Kier molecular flexibility index (Phi) is 5.83. The maximum atomic E-state index is 13.1. The van der Waals surface area contributed by atoms with Crippen LogP contribution in [0.15, 0.2) is 65.8 Å². The molecule has 0 unspecified atom stereocenters. The highest BCUT2D eigenvalue weighted by molar-refractivity contribution is 7.18.